The number of anilines is 2. The summed E-state index contributed by atoms with van der Waals surface area (Å²) in [6.07, 6.45) is 4.21. The quantitative estimate of drug-likeness (QED) is 0.186. The van der Waals surface area contributed by atoms with Gasteiger partial charge in [0, 0.05) is 17.5 Å². The Balaban J connectivity index is 1.44. The first kappa shape index (κ1) is 25.2. The SMILES string of the molecule is CCOC(=O)c1cc(Cc2ccccc2)sc1NC(=S)Nc1cnn(Cc2ccc(Cl)c(Cl)c2)c1. The largest absolute Gasteiger partial charge is 0.462 e. The van der Waals surface area contributed by atoms with E-state index in [1.54, 1.807) is 23.9 Å². The average Bonchev–Trinajstić information content (AvgIpc) is 3.43. The zero-order valence-corrected chi connectivity index (χ0v) is 21.9. The summed E-state index contributed by atoms with van der Waals surface area (Å²) < 4.78 is 7.00. The Labute approximate surface area is 222 Å². The molecule has 10 heteroatoms. The molecule has 0 amide bonds. The molecule has 6 nitrogen and oxygen atoms in total. The van der Waals surface area contributed by atoms with Gasteiger partial charge in [0.05, 0.1) is 40.6 Å². The van der Waals surface area contributed by atoms with Gasteiger partial charge in [-0.3, -0.25) is 4.68 Å². The van der Waals surface area contributed by atoms with Gasteiger partial charge in [0.15, 0.2) is 5.11 Å². The maximum absolute atomic E-state index is 12.5. The lowest BCUT2D eigenvalue weighted by Crippen LogP contribution is -2.19. The number of aromatic nitrogens is 2. The van der Waals surface area contributed by atoms with Gasteiger partial charge in [0.2, 0.25) is 0 Å². The topological polar surface area (TPSA) is 68.2 Å². The summed E-state index contributed by atoms with van der Waals surface area (Å²) in [5.74, 6) is -0.386. The van der Waals surface area contributed by atoms with Gasteiger partial charge in [-0.1, -0.05) is 59.6 Å². The number of thiophene rings is 1. The van der Waals surface area contributed by atoms with E-state index in [-0.39, 0.29) is 5.97 Å². The van der Waals surface area contributed by atoms with Crippen molar-refractivity contribution in [3.8, 4) is 0 Å². The van der Waals surface area contributed by atoms with E-state index < -0.39 is 0 Å². The second-order valence-corrected chi connectivity index (χ2v) is 9.95. The normalized spacial score (nSPS) is 10.7. The number of hydrogen-bond donors (Lipinski definition) is 2. The number of nitrogens with one attached hydrogen (secondary N) is 2. The van der Waals surface area contributed by atoms with Crippen LogP contribution in [0.4, 0.5) is 10.7 Å². The van der Waals surface area contributed by atoms with Crippen LogP contribution in [0.3, 0.4) is 0 Å². The molecule has 0 spiro atoms. The first-order valence-corrected chi connectivity index (χ1v) is 12.8. The molecule has 2 heterocycles. The van der Waals surface area contributed by atoms with Crippen molar-refractivity contribution in [2.45, 2.75) is 19.9 Å². The molecule has 0 fully saturated rings. The van der Waals surface area contributed by atoms with Crippen LogP contribution in [0, 0.1) is 0 Å². The summed E-state index contributed by atoms with van der Waals surface area (Å²) >= 11 is 19.1. The van der Waals surface area contributed by atoms with Crippen molar-refractivity contribution in [1.82, 2.24) is 9.78 Å². The van der Waals surface area contributed by atoms with E-state index in [1.165, 1.54) is 11.3 Å². The van der Waals surface area contributed by atoms with Crippen molar-refractivity contribution < 1.29 is 9.53 Å². The molecule has 0 aliphatic heterocycles. The summed E-state index contributed by atoms with van der Waals surface area (Å²) in [6, 6.07) is 17.4. The smallest absolute Gasteiger partial charge is 0.341 e. The van der Waals surface area contributed by atoms with E-state index in [4.69, 9.17) is 40.2 Å². The fourth-order valence-corrected chi connectivity index (χ4v) is 5.07. The molecule has 0 saturated carbocycles. The summed E-state index contributed by atoms with van der Waals surface area (Å²) in [7, 11) is 0. The van der Waals surface area contributed by atoms with Crippen LogP contribution in [0.2, 0.25) is 10.0 Å². The van der Waals surface area contributed by atoms with E-state index in [0.29, 0.717) is 51.0 Å². The zero-order chi connectivity index (χ0) is 24.8. The summed E-state index contributed by atoms with van der Waals surface area (Å²) in [6.45, 7) is 2.60. The zero-order valence-electron chi connectivity index (χ0n) is 18.8. The van der Waals surface area contributed by atoms with Gasteiger partial charge in [0.25, 0.3) is 0 Å². The number of esters is 1. The minimum absolute atomic E-state index is 0.294. The predicted octanol–water partition coefficient (Wildman–Crippen LogP) is 6.88. The lowest BCUT2D eigenvalue weighted by atomic mass is 10.1. The first-order valence-electron chi connectivity index (χ1n) is 10.8. The molecule has 2 N–H and O–H groups in total. The van der Waals surface area contributed by atoms with Crippen molar-refractivity contribution in [3.05, 3.63) is 98.6 Å². The summed E-state index contributed by atoms with van der Waals surface area (Å²) in [4.78, 5) is 13.6. The van der Waals surface area contributed by atoms with Crippen LogP contribution in [-0.4, -0.2) is 27.5 Å². The molecule has 0 radical (unpaired) electrons. The molecule has 4 aromatic rings. The molecule has 0 unspecified atom stereocenters. The maximum Gasteiger partial charge on any atom is 0.341 e. The Bertz CT molecular complexity index is 1340. The number of rotatable bonds is 8. The number of ether oxygens (including phenoxy) is 1. The molecule has 0 saturated heterocycles. The van der Waals surface area contributed by atoms with Crippen LogP contribution in [0.15, 0.2) is 67.0 Å². The molecule has 0 bridgehead atoms. The lowest BCUT2D eigenvalue weighted by molar-refractivity contribution is 0.0528. The molecule has 2 aromatic carbocycles. The Hall–Kier alpha value is -2.91. The third-order valence-corrected chi connectivity index (χ3v) is 6.94. The van der Waals surface area contributed by atoms with Crippen molar-refractivity contribution >= 4 is 68.5 Å². The third kappa shape index (κ3) is 6.82. The molecule has 35 heavy (non-hydrogen) atoms. The summed E-state index contributed by atoms with van der Waals surface area (Å²) in [5.41, 5.74) is 3.30. The number of halogens is 2. The van der Waals surface area contributed by atoms with E-state index in [1.807, 2.05) is 42.6 Å². The van der Waals surface area contributed by atoms with E-state index >= 15 is 0 Å². The predicted molar refractivity (Wildman–Crippen MR) is 147 cm³/mol. The number of hydrogen-bond acceptors (Lipinski definition) is 5. The number of benzene rings is 2. The maximum atomic E-state index is 12.5. The lowest BCUT2D eigenvalue weighted by Gasteiger charge is -2.09. The fraction of sp³-hybridized carbons (Fsp3) is 0.160. The van der Waals surface area contributed by atoms with Gasteiger partial charge in [0.1, 0.15) is 5.00 Å². The van der Waals surface area contributed by atoms with E-state index in [0.717, 1.165) is 16.0 Å². The third-order valence-electron chi connectivity index (χ3n) is 4.95. The molecule has 0 aliphatic rings. The van der Waals surface area contributed by atoms with Gasteiger partial charge in [-0.05, 0) is 48.5 Å². The first-order chi connectivity index (χ1) is 16.9. The van der Waals surface area contributed by atoms with Crippen molar-refractivity contribution in [3.63, 3.8) is 0 Å². The summed E-state index contributed by atoms with van der Waals surface area (Å²) in [5, 5.41) is 12.6. The highest BCUT2D eigenvalue weighted by molar-refractivity contribution is 7.80. The van der Waals surface area contributed by atoms with Crippen LogP contribution in [-0.2, 0) is 17.7 Å². The van der Waals surface area contributed by atoms with Crippen LogP contribution >= 0.6 is 46.8 Å². The molecular formula is C25H22Cl2N4O2S2. The molecule has 0 aliphatic carbocycles. The van der Waals surface area contributed by atoms with Crippen LogP contribution < -0.4 is 10.6 Å². The molecule has 2 aromatic heterocycles. The Morgan fingerprint density at radius 2 is 1.89 bits per heavy atom. The molecule has 180 valence electrons. The van der Waals surface area contributed by atoms with Crippen molar-refractivity contribution in [1.29, 1.82) is 0 Å². The Morgan fingerprint density at radius 1 is 1.09 bits per heavy atom. The van der Waals surface area contributed by atoms with Crippen LogP contribution in [0.5, 0.6) is 0 Å². The monoisotopic (exact) mass is 544 g/mol. The van der Waals surface area contributed by atoms with Gasteiger partial charge in [-0.2, -0.15) is 5.10 Å². The molecular weight excluding hydrogens is 523 g/mol. The fourth-order valence-electron chi connectivity index (χ4n) is 3.38. The number of carbonyl (C=O) groups excluding carboxylic acids is 1. The highest BCUT2D eigenvalue weighted by Crippen LogP contribution is 2.31. The van der Waals surface area contributed by atoms with Gasteiger partial charge in [-0.25, -0.2) is 4.79 Å². The second-order valence-electron chi connectivity index (χ2n) is 7.59. The number of nitrogens with zero attached hydrogens (tertiary/aromatic N) is 2. The van der Waals surface area contributed by atoms with Crippen molar-refractivity contribution in [2.75, 3.05) is 17.2 Å². The van der Waals surface area contributed by atoms with Crippen LogP contribution in [0.1, 0.15) is 33.3 Å². The standard InChI is InChI=1S/C25H22Cl2N4O2S2/c1-2-33-24(32)20-12-19(10-16-6-4-3-5-7-16)35-23(20)30-25(34)29-18-13-28-31(15-18)14-17-8-9-21(26)22(27)11-17/h3-9,11-13,15H,2,10,14H2,1H3,(H2,29,30,34). The highest BCUT2D eigenvalue weighted by atomic mass is 35.5. The highest BCUT2D eigenvalue weighted by Gasteiger charge is 2.19. The van der Waals surface area contributed by atoms with Gasteiger partial charge in [-0.15, -0.1) is 11.3 Å². The van der Waals surface area contributed by atoms with Crippen molar-refractivity contribution in [2.24, 2.45) is 0 Å². The van der Waals surface area contributed by atoms with Gasteiger partial charge < -0.3 is 15.4 Å². The average molecular weight is 546 g/mol. The second kappa shape index (κ2) is 11.7. The molecule has 4 rings (SSSR count). The number of carbonyl (C=O) groups is 1. The minimum Gasteiger partial charge on any atom is -0.462 e. The van der Waals surface area contributed by atoms with Gasteiger partial charge >= 0.3 is 5.97 Å². The minimum atomic E-state index is -0.386. The van der Waals surface area contributed by atoms with Crippen LogP contribution in [0.25, 0.3) is 0 Å². The Kier molecular flexibility index (Phi) is 8.41. The van der Waals surface area contributed by atoms with E-state index in [9.17, 15) is 4.79 Å². The van der Waals surface area contributed by atoms with E-state index in [2.05, 4.69) is 27.9 Å². The molecule has 0 atom stereocenters. The Morgan fingerprint density at radius 3 is 2.63 bits per heavy atom. The number of thiocarbonyl (C=S) groups is 1.